The molecular formula is C18H25N3O3. The summed E-state index contributed by atoms with van der Waals surface area (Å²) < 4.78 is 10.6. The largest absolute Gasteiger partial charge is 0.379 e. The molecule has 6 nitrogen and oxygen atoms in total. The van der Waals surface area contributed by atoms with Gasteiger partial charge >= 0.3 is 0 Å². The van der Waals surface area contributed by atoms with Crippen LogP contribution in [0, 0.1) is 0 Å². The Balaban J connectivity index is 1.87. The molecular weight excluding hydrogens is 306 g/mol. The van der Waals surface area contributed by atoms with Crippen LogP contribution >= 0.6 is 0 Å². The van der Waals surface area contributed by atoms with Gasteiger partial charge in [-0.3, -0.25) is 4.79 Å². The van der Waals surface area contributed by atoms with E-state index in [-0.39, 0.29) is 11.9 Å². The summed E-state index contributed by atoms with van der Waals surface area (Å²) in [6, 6.07) is 9.71. The molecule has 0 saturated carbocycles. The van der Waals surface area contributed by atoms with Crippen LogP contribution < -0.4 is 5.32 Å². The average molecular weight is 331 g/mol. The first-order chi connectivity index (χ1) is 11.6. The molecule has 0 aliphatic rings. The van der Waals surface area contributed by atoms with Crippen LogP contribution in [0.2, 0.25) is 0 Å². The number of amides is 1. The Morgan fingerprint density at radius 3 is 2.71 bits per heavy atom. The van der Waals surface area contributed by atoms with E-state index < -0.39 is 6.10 Å². The van der Waals surface area contributed by atoms with Crippen LogP contribution in [-0.2, 0) is 14.3 Å². The van der Waals surface area contributed by atoms with Gasteiger partial charge in [-0.05, 0) is 26.3 Å². The molecule has 0 aliphatic heterocycles. The molecule has 1 aromatic carbocycles. The van der Waals surface area contributed by atoms with Crippen molar-refractivity contribution in [2.45, 2.75) is 32.9 Å². The molecule has 6 heteroatoms. The van der Waals surface area contributed by atoms with E-state index in [9.17, 15) is 4.79 Å². The highest BCUT2D eigenvalue weighted by Crippen LogP contribution is 2.18. The van der Waals surface area contributed by atoms with Crippen LogP contribution in [0.15, 0.2) is 36.5 Å². The molecule has 2 aromatic rings. The molecule has 0 fully saturated rings. The van der Waals surface area contributed by atoms with Gasteiger partial charge in [0.15, 0.2) is 0 Å². The highest BCUT2D eigenvalue weighted by Gasteiger charge is 2.18. The number of carbonyl (C=O) groups excluding carboxylic acids is 1. The SMILES string of the molecule is CCOCCO[C@@H](C)C(=O)N[C@H](C)c1ncc(-c2ccccc2)[nH]1. The van der Waals surface area contributed by atoms with Gasteiger partial charge < -0.3 is 19.8 Å². The number of aromatic amines is 1. The number of benzene rings is 1. The zero-order valence-corrected chi connectivity index (χ0v) is 14.4. The Hall–Kier alpha value is -2.18. The number of H-pyrrole nitrogens is 1. The summed E-state index contributed by atoms with van der Waals surface area (Å²) in [6.45, 7) is 7.07. The number of imidazole rings is 1. The molecule has 130 valence electrons. The number of nitrogens with one attached hydrogen (secondary N) is 2. The number of hydrogen-bond acceptors (Lipinski definition) is 4. The van der Waals surface area contributed by atoms with Crippen molar-refractivity contribution in [3.8, 4) is 11.3 Å². The molecule has 0 saturated heterocycles. The molecule has 2 rings (SSSR count). The Labute approximate surface area is 142 Å². The van der Waals surface area contributed by atoms with Gasteiger partial charge in [0.2, 0.25) is 5.91 Å². The predicted octanol–water partition coefficient (Wildman–Crippen LogP) is 2.70. The number of nitrogens with zero attached hydrogens (tertiary/aromatic N) is 1. The topological polar surface area (TPSA) is 76.2 Å². The number of aromatic nitrogens is 2. The Bertz CT molecular complexity index is 627. The number of carbonyl (C=O) groups is 1. The van der Waals surface area contributed by atoms with E-state index in [1.54, 1.807) is 13.1 Å². The first-order valence-electron chi connectivity index (χ1n) is 8.21. The van der Waals surface area contributed by atoms with Crippen molar-refractivity contribution in [1.29, 1.82) is 0 Å². The van der Waals surface area contributed by atoms with Gasteiger partial charge in [-0.25, -0.2) is 4.98 Å². The maximum Gasteiger partial charge on any atom is 0.249 e. The van der Waals surface area contributed by atoms with Gasteiger partial charge in [0.1, 0.15) is 11.9 Å². The minimum absolute atomic E-state index is 0.170. The van der Waals surface area contributed by atoms with Crippen LogP contribution in [0.1, 0.15) is 32.6 Å². The highest BCUT2D eigenvalue weighted by molar-refractivity contribution is 5.80. The standard InChI is InChI=1S/C18H25N3O3/c1-4-23-10-11-24-14(3)18(22)20-13(2)17-19-12-16(21-17)15-8-6-5-7-9-15/h5-9,12-14H,4,10-11H2,1-3H3,(H,19,21)(H,20,22)/t13-,14+/m1/s1. The van der Waals surface area contributed by atoms with Crippen LogP contribution in [0.5, 0.6) is 0 Å². The van der Waals surface area contributed by atoms with E-state index in [4.69, 9.17) is 9.47 Å². The lowest BCUT2D eigenvalue weighted by molar-refractivity contribution is -0.133. The summed E-state index contributed by atoms with van der Waals surface area (Å²) in [6.07, 6.45) is 1.24. The van der Waals surface area contributed by atoms with Gasteiger partial charge in [0.25, 0.3) is 0 Å². The molecule has 1 heterocycles. The molecule has 0 unspecified atom stereocenters. The second-order valence-electron chi connectivity index (χ2n) is 5.49. The van der Waals surface area contributed by atoms with E-state index >= 15 is 0 Å². The number of rotatable bonds is 9. The summed E-state index contributed by atoms with van der Waals surface area (Å²) in [7, 11) is 0. The van der Waals surface area contributed by atoms with Crippen LogP contribution in [-0.4, -0.2) is 41.8 Å². The molecule has 1 amide bonds. The minimum atomic E-state index is -0.531. The minimum Gasteiger partial charge on any atom is -0.379 e. The molecule has 24 heavy (non-hydrogen) atoms. The van der Waals surface area contributed by atoms with E-state index in [0.717, 1.165) is 11.3 Å². The van der Waals surface area contributed by atoms with Gasteiger partial charge in [0.05, 0.1) is 31.1 Å². The Morgan fingerprint density at radius 2 is 2.00 bits per heavy atom. The summed E-state index contributed by atoms with van der Waals surface area (Å²) in [5.41, 5.74) is 1.98. The molecule has 0 aliphatic carbocycles. The fourth-order valence-corrected chi connectivity index (χ4v) is 2.22. The molecule has 0 radical (unpaired) electrons. The van der Waals surface area contributed by atoms with Crippen molar-refractivity contribution in [2.75, 3.05) is 19.8 Å². The fourth-order valence-electron chi connectivity index (χ4n) is 2.22. The second-order valence-corrected chi connectivity index (χ2v) is 5.49. The predicted molar refractivity (Wildman–Crippen MR) is 92.5 cm³/mol. The third kappa shape index (κ3) is 5.18. The number of hydrogen-bond donors (Lipinski definition) is 2. The lowest BCUT2D eigenvalue weighted by Gasteiger charge is -2.16. The molecule has 1 aromatic heterocycles. The normalized spacial score (nSPS) is 13.5. The van der Waals surface area contributed by atoms with Crippen LogP contribution in [0.25, 0.3) is 11.3 Å². The zero-order chi connectivity index (χ0) is 17.4. The van der Waals surface area contributed by atoms with Crippen molar-refractivity contribution >= 4 is 5.91 Å². The zero-order valence-electron chi connectivity index (χ0n) is 14.4. The average Bonchev–Trinajstić information content (AvgIpc) is 3.09. The van der Waals surface area contributed by atoms with Crippen LogP contribution in [0.4, 0.5) is 0 Å². The highest BCUT2D eigenvalue weighted by atomic mass is 16.5. The molecule has 0 bridgehead atoms. The van der Waals surface area contributed by atoms with Crippen molar-refractivity contribution in [1.82, 2.24) is 15.3 Å². The van der Waals surface area contributed by atoms with Crippen LogP contribution in [0.3, 0.4) is 0 Å². The third-order valence-electron chi connectivity index (χ3n) is 3.62. The third-order valence-corrected chi connectivity index (χ3v) is 3.62. The summed E-state index contributed by atoms with van der Waals surface area (Å²) in [5.74, 6) is 0.542. The summed E-state index contributed by atoms with van der Waals surface area (Å²) >= 11 is 0. The molecule has 2 N–H and O–H groups in total. The van der Waals surface area contributed by atoms with E-state index in [0.29, 0.717) is 25.6 Å². The van der Waals surface area contributed by atoms with Crippen molar-refractivity contribution in [2.24, 2.45) is 0 Å². The van der Waals surface area contributed by atoms with Gasteiger partial charge in [0, 0.05) is 6.61 Å². The van der Waals surface area contributed by atoms with E-state index in [1.807, 2.05) is 44.2 Å². The number of ether oxygens (including phenoxy) is 2. The molecule has 0 spiro atoms. The lowest BCUT2D eigenvalue weighted by Crippen LogP contribution is -2.37. The second kappa shape index (κ2) is 9.20. The quantitative estimate of drug-likeness (QED) is 0.693. The van der Waals surface area contributed by atoms with Gasteiger partial charge in [-0.2, -0.15) is 0 Å². The van der Waals surface area contributed by atoms with Crippen molar-refractivity contribution in [3.63, 3.8) is 0 Å². The molecule has 2 atom stereocenters. The Morgan fingerprint density at radius 1 is 1.25 bits per heavy atom. The first kappa shape index (κ1) is 18.2. The maximum atomic E-state index is 12.1. The van der Waals surface area contributed by atoms with Crippen molar-refractivity contribution < 1.29 is 14.3 Å². The van der Waals surface area contributed by atoms with Gasteiger partial charge in [-0.15, -0.1) is 0 Å². The Kier molecular flexibility index (Phi) is 6.96. The smallest absolute Gasteiger partial charge is 0.249 e. The lowest BCUT2D eigenvalue weighted by atomic mass is 10.2. The van der Waals surface area contributed by atoms with E-state index in [2.05, 4.69) is 15.3 Å². The summed E-state index contributed by atoms with van der Waals surface area (Å²) in [5, 5.41) is 2.90. The first-order valence-corrected chi connectivity index (χ1v) is 8.21. The summed E-state index contributed by atoms with van der Waals surface area (Å²) in [4.78, 5) is 19.8. The fraction of sp³-hybridized carbons (Fsp3) is 0.444. The van der Waals surface area contributed by atoms with Crippen molar-refractivity contribution in [3.05, 3.63) is 42.4 Å². The van der Waals surface area contributed by atoms with E-state index in [1.165, 1.54) is 0 Å². The monoisotopic (exact) mass is 331 g/mol. The van der Waals surface area contributed by atoms with Gasteiger partial charge in [-0.1, -0.05) is 30.3 Å². The maximum absolute atomic E-state index is 12.1.